The highest BCUT2D eigenvalue weighted by molar-refractivity contribution is 6.30. The molecule has 158 valence electrons. The van der Waals surface area contributed by atoms with Crippen molar-refractivity contribution in [1.82, 2.24) is 14.8 Å². The third kappa shape index (κ3) is 3.65. The van der Waals surface area contributed by atoms with Crippen molar-refractivity contribution in [1.29, 1.82) is 0 Å². The van der Waals surface area contributed by atoms with Gasteiger partial charge in [0.1, 0.15) is 19.0 Å². The van der Waals surface area contributed by atoms with Crippen LogP contribution in [0.2, 0.25) is 5.02 Å². The molecule has 1 atom stereocenters. The molecule has 1 aliphatic carbocycles. The van der Waals surface area contributed by atoms with E-state index in [9.17, 15) is 4.79 Å². The number of nitrogens with zero attached hydrogens (tertiary/aromatic N) is 3. The number of rotatable bonds is 5. The first-order valence-corrected chi connectivity index (χ1v) is 10.5. The molecule has 0 saturated carbocycles. The van der Waals surface area contributed by atoms with E-state index in [0.29, 0.717) is 35.5 Å². The second-order valence-electron chi connectivity index (χ2n) is 7.55. The van der Waals surface area contributed by atoms with Gasteiger partial charge in [0.15, 0.2) is 17.3 Å². The number of nitrogens with one attached hydrogen (secondary N) is 1. The molecular weight excluding hydrogens is 416 g/mol. The fourth-order valence-electron chi connectivity index (χ4n) is 4.12. The molecule has 0 amide bonds. The smallest absolute Gasteiger partial charge is 0.226 e. The highest BCUT2D eigenvalue weighted by Crippen LogP contribution is 2.41. The van der Waals surface area contributed by atoms with Crippen LogP contribution < -0.4 is 14.8 Å². The molecule has 2 aromatic carbocycles. The van der Waals surface area contributed by atoms with Crippen molar-refractivity contribution >= 4 is 23.3 Å². The van der Waals surface area contributed by atoms with Crippen molar-refractivity contribution in [3.63, 3.8) is 0 Å². The number of carbonyl (C=O) groups excluding carboxylic acids is 1. The van der Waals surface area contributed by atoms with Crippen LogP contribution in [0.25, 0.3) is 0 Å². The molecule has 0 bridgehead atoms. The number of hydrogen-bond acceptors (Lipinski definition) is 6. The van der Waals surface area contributed by atoms with E-state index in [4.69, 9.17) is 21.1 Å². The lowest BCUT2D eigenvalue weighted by atomic mass is 9.85. The summed E-state index contributed by atoms with van der Waals surface area (Å²) in [5, 5.41) is 8.34. The quantitative estimate of drug-likeness (QED) is 0.632. The van der Waals surface area contributed by atoms with E-state index in [1.165, 1.54) is 6.33 Å². The molecule has 31 heavy (non-hydrogen) atoms. The van der Waals surface area contributed by atoms with E-state index in [-0.39, 0.29) is 11.8 Å². The van der Waals surface area contributed by atoms with E-state index < -0.39 is 0 Å². The van der Waals surface area contributed by atoms with Gasteiger partial charge in [-0.1, -0.05) is 29.8 Å². The van der Waals surface area contributed by atoms with Gasteiger partial charge < -0.3 is 14.8 Å². The Kier molecular flexibility index (Phi) is 5.11. The number of allylic oxidation sites excluding steroid dienone is 2. The maximum atomic E-state index is 12.8. The van der Waals surface area contributed by atoms with Crippen LogP contribution in [-0.4, -0.2) is 27.7 Å². The number of fused-ring (bicyclic) bond motifs is 1. The van der Waals surface area contributed by atoms with Crippen LogP contribution in [0.5, 0.6) is 11.5 Å². The summed E-state index contributed by atoms with van der Waals surface area (Å²) in [7, 11) is 1.61. The first-order chi connectivity index (χ1) is 15.1. The fraction of sp³-hybridized carbons (Fsp3) is 0.261. The summed E-state index contributed by atoms with van der Waals surface area (Å²) in [4.78, 5) is 17.1. The van der Waals surface area contributed by atoms with Gasteiger partial charge in [-0.3, -0.25) is 4.79 Å². The van der Waals surface area contributed by atoms with E-state index in [0.717, 1.165) is 35.2 Å². The number of halogens is 1. The summed E-state index contributed by atoms with van der Waals surface area (Å²) in [5.41, 5.74) is 3.58. The van der Waals surface area contributed by atoms with Crippen LogP contribution in [0.1, 0.15) is 36.4 Å². The van der Waals surface area contributed by atoms with E-state index in [2.05, 4.69) is 15.4 Å². The van der Waals surface area contributed by atoms with Crippen LogP contribution in [0, 0.1) is 0 Å². The molecule has 1 N–H and O–H groups in total. The predicted octanol–water partition coefficient (Wildman–Crippen LogP) is 4.54. The Morgan fingerprint density at radius 1 is 1.16 bits per heavy atom. The summed E-state index contributed by atoms with van der Waals surface area (Å²) < 4.78 is 13.3. The van der Waals surface area contributed by atoms with Gasteiger partial charge in [0.25, 0.3) is 0 Å². The van der Waals surface area contributed by atoms with Crippen LogP contribution in [0.4, 0.5) is 5.95 Å². The number of ether oxygens (including phenoxy) is 2. The zero-order valence-electron chi connectivity index (χ0n) is 17.0. The Labute approximate surface area is 184 Å². The highest BCUT2D eigenvalue weighted by Gasteiger charge is 2.36. The third-order valence-corrected chi connectivity index (χ3v) is 5.87. The van der Waals surface area contributed by atoms with Gasteiger partial charge in [0.2, 0.25) is 5.95 Å². The van der Waals surface area contributed by atoms with E-state index in [1.54, 1.807) is 11.8 Å². The van der Waals surface area contributed by atoms with Crippen LogP contribution in [0.3, 0.4) is 0 Å². The molecule has 7 nitrogen and oxygen atoms in total. The minimum Gasteiger partial charge on any atom is -0.493 e. The van der Waals surface area contributed by atoms with Crippen LogP contribution in [0.15, 0.2) is 60.1 Å². The van der Waals surface area contributed by atoms with Gasteiger partial charge in [0, 0.05) is 22.7 Å². The van der Waals surface area contributed by atoms with Gasteiger partial charge in [-0.25, -0.2) is 4.68 Å². The lowest BCUT2D eigenvalue weighted by molar-refractivity contribution is -0.116. The molecule has 2 heterocycles. The second kappa shape index (κ2) is 8.07. The Balaban J connectivity index is 1.48. The number of hydrogen-bond donors (Lipinski definition) is 1. The molecule has 1 unspecified atom stereocenters. The Morgan fingerprint density at radius 3 is 2.81 bits per heavy atom. The molecule has 0 fully saturated rings. The third-order valence-electron chi connectivity index (χ3n) is 5.62. The van der Waals surface area contributed by atoms with Crippen molar-refractivity contribution in [2.24, 2.45) is 0 Å². The lowest BCUT2D eigenvalue weighted by Gasteiger charge is -2.32. The number of anilines is 1. The number of methoxy groups -OCH3 is 1. The maximum absolute atomic E-state index is 12.8. The van der Waals surface area contributed by atoms with Crippen molar-refractivity contribution in [2.45, 2.75) is 31.9 Å². The Hall–Kier alpha value is -3.32. The zero-order valence-corrected chi connectivity index (χ0v) is 17.7. The largest absolute Gasteiger partial charge is 0.493 e. The highest BCUT2D eigenvalue weighted by atomic mass is 35.5. The molecular formula is C23H21ClN4O3. The molecule has 1 aromatic heterocycles. The number of ketones is 1. The fourth-order valence-corrected chi connectivity index (χ4v) is 4.25. The number of benzene rings is 2. The van der Waals surface area contributed by atoms with Crippen LogP contribution in [-0.2, 0) is 11.4 Å². The van der Waals surface area contributed by atoms with Gasteiger partial charge >= 0.3 is 0 Å². The average Bonchev–Trinajstić information content (AvgIpc) is 3.25. The van der Waals surface area contributed by atoms with E-state index in [1.807, 2.05) is 42.5 Å². The number of carbonyl (C=O) groups is 1. The first kappa shape index (κ1) is 19.6. The minimum atomic E-state index is -0.347. The summed E-state index contributed by atoms with van der Waals surface area (Å²) in [6, 6.07) is 12.9. The number of aromatic nitrogens is 3. The minimum absolute atomic E-state index is 0.141. The number of Topliss-reactive ketones (excluding diaryl/α,β-unsaturated/α-hetero) is 1. The normalized spacial score (nSPS) is 17.6. The molecule has 0 spiro atoms. The molecule has 5 rings (SSSR count). The van der Waals surface area contributed by atoms with Gasteiger partial charge in [-0.15, -0.1) is 0 Å². The summed E-state index contributed by atoms with van der Waals surface area (Å²) in [6.45, 7) is 0.390. The van der Waals surface area contributed by atoms with Gasteiger partial charge in [0.05, 0.1) is 7.11 Å². The molecule has 3 aromatic rings. The monoisotopic (exact) mass is 436 g/mol. The van der Waals surface area contributed by atoms with Crippen molar-refractivity contribution < 1.29 is 14.3 Å². The van der Waals surface area contributed by atoms with Gasteiger partial charge in [-0.05, 0) is 48.2 Å². The zero-order chi connectivity index (χ0) is 21.4. The lowest BCUT2D eigenvalue weighted by Crippen LogP contribution is -2.31. The van der Waals surface area contributed by atoms with Crippen LogP contribution >= 0.6 is 11.6 Å². The Bertz CT molecular complexity index is 1170. The standard InChI is InChI=1S/C23H21ClN4O3/c1-30-20-11-15(7-10-19(20)31-12-14-5-8-16(24)9-6-14)22-21-17(3-2-4-18(21)29)27-23-25-13-26-28(22)23/h5-11,13,22H,2-4,12H2,1H3,(H,25,26,27). The average molecular weight is 437 g/mol. The Morgan fingerprint density at radius 2 is 2.00 bits per heavy atom. The second-order valence-corrected chi connectivity index (χ2v) is 7.99. The molecule has 2 aliphatic rings. The topological polar surface area (TPSA) is 78.3 Å². The summed E-state index contributed by atoms with van der Waals surface area (Å²) in [6.07, 6.45) is 3.70. The molecule has 0 radical (unpaired) electrons. The molecule has 8 heteroatoms. The van der Waals surface area contributed by atoms with Gasteiger partial charge in [-0.2, -0.15) is 10.1 Å². The predicted molar refractivity (Wildman–Crippen MR) is 116 cm³/mol. The summed E-state index contributed by atoms with van der Waals surface area (Å²) in [5.74, 6) is 2.00. The van der Waals surface area contributed by atoms with E-state index >= 15 is 0 Å². The maximum Gasteiger partial charge on any atom is 0.226 e. The molecule has 0 saturated heterocycles. The first-order valence-electron chi connectivity index (χ1n) is 10.1. The van der Waals surface area contributed by atoms with Crippen molar-refractivity contribution in [3.8, 4) is 11.5 Å². The molecule has 1 aliphatic heterocycles. The SMILES string of the molecule is COc1cc(C2C3=C(CCCC3=O)Nc3ncnn32)ccc1OCc1ccc(Cl)cc1. The summed E-state index contributed by atoms with van der Waals surface area (Å²) >= 11 is 5.95. The van der Waals surface area contributed by atoms with Crippen molar-refractivity contribution in [2.75, 3.05) is 12.4 Å². The van der Waals surface area contributed by atoms with Crippen molar-refractivity contribution in [3.05, 3.63) is 76.2 Å².